The quantitative estimate of drug-likeness (QED) is 0.330. The van der Waals surface area contributed by atoms with Crippen LogP contribution in [-0.2, 0) is 23.9 Å². The number of rotatable bonds is 10. The molecule has 0 aliphatic rings. The summed E-state index contributed by atoms with van der Waals surface area (Å²) in [6.45, 7) is 2.20. The van der Waals surface area contributed by atoms with E-state index in [-0.39, 0.29) is 24.7 Å². The summed E-state index contributed by atoms with van der Waals surface area (Å²) in [5, 5.41) is 12.4. The third kappa shape index (κ3) is 5.67. The first-order chi connectivity index (χ1) is 16.9. The highest BCUT2D eigenvalue weighted by atomic mass is 16.6. The van der Waals surface area contributed by atoms with Crippen LogP contribution in [0, 0.1) is 0 Å². The zero-order chi connectivity index (χ0) is 25.4. The lowest BCUT2D eigenvalue weighted by Gasteiger charge is -2.21. The number of carbonyl (C=O) groups is 3. The van der Waals surface area contributed by atoms with Crippen LogP contribution in [0.4, 0.5) is 0 Å². The van der Waals surface area contributed by atoms with Gasteiger partial charge in [0.05, 0.1) is 25.5 Å². The summed E-state index contributed by atoms with van der Waals surface area (Å²) in [6.07, 6.45) is 0. The average molecular weight is 482 g/mol. The number of hydrogen-bond acceptors (Lipinski definition) is 8. The molecule has 3 aromatic rings. The summed E-state index contributed by atoms with van der Waals surface area (Å²) in [7, 11) is 0. The fourth-order valence-corrected chi connectivity index (χ4v) is 3.51. The number of aromatic nitrogens is 1. The van der Waals surface area contributed by atoms with Crippen LogP contribution in [-0.4, -0.2) is 53.4 Å². The number of carbonyl (C=O) groups excluding carboxylic acids is 3. The van der Waals surface area contributed by atoms with Gasteiger partial charge in [0.2, 0.25) is 11.9 Å². The highest BCUT2D eigenvalue weighted by Gasteiger charge is 2.36. The highest BCUT2D eigenvalue weighted by Crippen LogP contribution is 2.33. The Labute approximate surface area is 201 Å². The highest BCUT2D eigenvalue weighted by molar-refractivity contribution is 6.03. The second-order valence-corrected chi connectivity index (χ2v) is 7.29. The maximum Gasteiger partial charge on any atom is 0.420 e. The second kappa shape index (κ2) is 11.8. The van der Waals surface area contributed by atoms with E-state index in [1.807, 2.05) is 0 Å². The molecule has 1 aromatic heterocycles. The molecule has 1 amide bonds. The number of ether oxygens (including phenoxy) is 2. The molecule has 2 aromatic carbocycles. The maximum absolute atomic E-state index is 13.2. The van der Waals surface area contributed by atoms with E-state index in [0.29, 0.717) is 11.1 Å². The first-order valence-corrected chi connectivity index (χ1v) is 11.0. The molecule has 35 heavy (non-hydrogen) atoms. The number of benzene rings is 2. The van der Waals surface area contributed by atoms with Crippen LogP contribution < -0.4 is 11.1 Å². The van der Waals surface area contributed by atoms with E-state index in [1.165, 1.54) is 0 Å². The molecular formula is C25H26N2O8. The van der Waals surface area contributed by atoms with Crippen LogP contribution in [0.1, 0.15) is 19.9 Å². The molecule has 0 saturated carbocycles. The molecule has 0 saturated heterocycles. The smallest absolute Gasteiger partial charge is 0.420 e. The van der Waals surface area contributed by atoms with Gasteiger partial charge in [-0.1, -0.05) is 60.7 Å². The van der Waals surface area contributed by atoms with E-state index in [9.17, 15) is 24.3 Å². The average Bonchev–Trinajstić information content (AvgIpc) is 3.21. The van der Waals surface area contributed by atoms with Crippen molar-refractivity contribution in [3.05, 3.63) is 71.2 Å². The molecule has 1 atom stereocenters. The third-order valence-corrected chi connectivity index (χ3v) is 5.04. The Morgan fingerprint density at radius 2 is 1.43 bits per heavy atom. The Bertz CT molecular complexity index is 1200. The zero-order valence-corrected chi connectivity index (χ0v) is 19.3. The van der Waals surface area contributed by atoms with Gasteiger partial charge in [0.25, 0.3) is 0 Å². The fraction of sp³-hybridized carbons (Fsp3) is 0.280. The van der Waals surface area contributed by atoms with E-state index in [2.05, 4.69) is 5.32 Å². The first kappa shape index (κ1) is 25.4. The standard InChI is InChI=1S/C25H26N2O8/c1-3-33-23(30)19(24(31)34-4-2)26-22(29)18(15-28)27-20(16-11-7-5-8-12-16)21(35-25(27)32)17-13-9-6-10-14-17/h5-14,18-19,28H,3-4,15H2,1-2H3,(H,26,29)/t18-/m1/s1. The van der Waals surface area contributed by atoms with E-state index < -0.39 is 42.3 Å². The van der Waals surface area contributed by atoms with Gasteiger partial charge in [-0.2, -0.15) is 0 Å². The van der Waals surface area contributed by atoms with Crippen molar-refractivity contribution < 1.29 is 33.4 Å². The van der Waals surface area contributed by atoms with Crippen LogP contribution in [0.2, 0.25) is 0 Å². The van der Waals surface area contributed by atoms with Crippen LogP contribution >= 0.6 is 0 Å². The Morgan fingerprint density at radius 1 is 0.914 bits per heavy atom. The predicted molar refractivity (Wildman–Crippen MR) is 125 cm³/mol. The fourth-order valence-electron chi connectivity index (χ4n) is 3.51. The van der Waals surface area contributed by atoms with Crippen molar-refractivity contribution in [1.29, 1.82) is 0 Å². The molecule has 0 aliphatic heterocycles. The topological polar surface area (TPSA) is 137 Å². The Balaban J connectivity index is 2.09. The number of amides is 1. The van der Waals surface area contributed by atoms with Crippen LogP contribution in [0.25, 0.3) is 22.6 Å². The molecule has 0 fully saturated rings. The Hall–Kier alpha value is -4.18. The molecule has 0 bridgehead atoms. The minimum atomic E-state index is -1.77. The van der Waals surface area contributed by atoms with Crippen LogP contribution in [0.3, 0.4) is 0 Å². The lowest BCUT2D eigenvalue weighted by molar-refractivity contribution is -0.160. The zero-order valence-electron chi connectivity index (χ0n) is 19.3. The molecule has 184 valence electrons. The number of aliphatic hydroxyl groups is 1. The van der Waals surface area contributed by atoms with E-state index in [1.54, 1.807) is 74.5 Å². The summed E-state index contributed by atoms with van der Waals surface area (Å²) < 4.78 is 16.3. The van der Waals surface area contributed by atoms with Gasteiger partial charge >= 0.3 is 17.7 Å². The molecular weight excluding hydrogens is 456 g/mol. The normalized spacial score (nSPS) is 11.7. The molecule has 1 heterocycles. The summed E-state index contributed by atoms with van der Waals surface area (Å²) in [5.41, 5.74) is 1.38. The third-order valence-electron chi connectivity index (χ3n) is 5.04. The maximum atomic E-state index is 13.2. The van der Waals surface area contributed by atoms with Crippen molar-refractivity contribution in [2.75, 3.05) is 19.8 Å². The van der Waals surface area contributed by atoms with Gasteiger partial charge in [-0.25, -0.2) is 14.4 Å². The number of nitrogens with one attached hydrogen (secondary N) is 1. The van der Waals surface area contributed by atoms with Gasteiger partial charge < -0.3 is 24.3 Å². The molecule has 0 spiro atoms. The van der Waals surface area contributed by atoms with E-state index in [4.69, 9.17) is 13.9 Å². The SMILES string of the molecule is CCOC(=O)C(NC(=O)[C@@H](CO)n1c(-c2ccccc2)c(-c2ccccc2)oc1=O)C(=O)OCC. The number of hydrogen-bond donors (Lipinski definition) is 2. The van der Waals surface area contributed by atoms with Gasteiger partial charge in [0.15, 0.2) is 5.76 Å². The molecule has 0 radical (unpaired) electrons. The van der Waals surface area contributed by atoms with Crippen LogP contribution in [0.5, 0.6) is 0 Å². The number of oxazole rings is 1. The molecule has 0 unspecified atom stereocenters. The van der Waals surface area contributed by atoms with Gasteiger partial charge in [0, 0.05) is 11.1 Å². The number of esters is 2. The number of nitrogens with zero attached hydrogens (tertiary/aromatic N) is 1. The largest absolute Gasteiger partial charge is 0.464 e. The molecule has 10 heteroatoms. The Morgan fingerprint density at radius 3 is 1.91 bits per heavy atom. The van der Waals surface area contributed by atoms with Crippen molar-refractivity contribution in [3.63, 3.8) is 0 Å². The molecule has 0 aliphatic carbocycles. The second-order valence-electron chi connectivity index (χ2n) is 7.29. The minimum absolute atomic E-state index is 0.0339. The van der Waals surface area contributed by atoms with Gasteiger partial charge in [-0.15, -0.1) is 0 Å². The molecule has 3 rings (SSSR count). The van der Waals surface area contributed by atoms with Crippen molar-refractivity contribution in [2.45, 2.75) is 25.9 Å². The molecule has 10 nitrogen and oxygen atoms in total. The van der Waals surface area contributed by atoms with E-state index >= 15 is 0 Å². The lowest BCUT2D eigenvalue weighted by Crippen LogP contribution is -2.51. The monoisotopic (exact) mass is 482 g/mol. The predicted octanol–water partition coefficient (Wildman–Crippen LogP) is 1.92. The van der Waals surface area contributed by atoms with Gasteiger partial charge in [-0.3, -0.25) is 9.36 Å². The summed E-state index contributed by atoms with van der Waals surface area (Å²) in [6, 6.07) is 14.2. The molecule has 2 N–H and O–H groups in total. The summed E-state index contributed by atoms with van der Waals surface area (Å²) >= 11 is 0. The Kier molecular flexibility index (Phi) is 8.58. The van der Waals surface area contributed by atoms with Crippen molar-refractivity contribution in [2.24, 2.45) is 0 Å². The minimum Gasteiger partial charge on any atom is -0.464 e. The van der Waals surface area contributed by atoms with E-state index in [0.717, 1.165) is 4.57 Å². The van der Waals surface area contributed by atoms with Crippen molar-refractivity contribution in [3.8, 4) is 22.6 Å². The van der Waals surface area contributed by atoms with Crippen molar-refractivity contribution in [1.82, 2.24) is 9.88 Å². The lowest BCUT2D eigenvalue weighted by atomic mass is 10.0. The van der Waals surface area contributed by atoms with Gasteiger partial charge in [0.1, 0.15) is 6.04 Å². The van der Waals surface area contributed by atoms with Gasteiger partial charge in [-0.05, 0) is 13.8 Å². The number of aliphatic hydroxyl groups excluding tert-OH is 1. The first-order valence-electron chi connectivity index (χ1n) is 11.0. The van der Waals surface area contributed by atoms with Crippen LogP contribution in [0.15, 0.2) is 69.9 Å². The van der Waals surface area contributed by atoms with Crippen molar-refractivity contribution >= 4 is 17.8 Å². The summed E-state index contributed by atoms with van der Waals surface area (Å²) in [5.74, 6) is -3.73. The summed E-state index contributed by atoms with van der Waals surface area (Å²) in [4.78, 5) is 50.8.